The maximum absolute atomic E-state index is 12.7. The standard InChI is InChI=1S/C22H33N3O3/c1-16(2)28-20-8-6-7-19(15-20)17(3)23-22(27)25-13-9-18(10-14-25)21(26)24-11-4-5-12-24/h6-8,15-18H,4-5,9-14H2,1-3H3,(H,23,27). The second kappa shape index (κ2) is 9.30. The molecule has 6 nitrogen and oxygen atoms in total. The van der Waals surface area contributed by atoms with Crippen molar-refractivity contribution in [2.75, 3.05) is 26.2 Å². The molecule has 3 rings (SSSR count). The number of nitrogens with one attached hydrogen (secondary N) is 1. The van der Waals surface area contributed by atoms with Crippen molar-refractivity contribution in [1.82, 2.24) is 15.1 Å². The quantitative estimate of drug-likeness (QED) is 0.840. The van der Waals surface area contributed by atoms with Gasteiger partial charge in [0.25, 0.3) is 0 Å². The van der Waals surface area contributed by atoms with E-state index >= 15 is 0 Å². The smallest absolute Gasteiger partial charge is 0.317 e. The number of rotatable bonds is 5. The Bertz CT molecular complexity index is 677. The number of carbonyl (C=O) groups excluding carboxylic acids is 2. The molecule has 0 spiro atoms. The summed E-state index contributed by atoms with van der Waals surface area (Å²) in [7, 11) is 0. The summed E-state index contributed by atoms with van der Waals surface area (Å²) in [6, 6.07) is 7.69. The van der Waals surface area contributed by atoms with E-state index < -0.39 is 0 Å². The lowest BCUT2D eigenvalue weighted by molar-refractivity contribution is -0.135. The van der Waals surface area contributed by atoms with Gasteiger partial charge in [0.2, 0.25) is 5.91 Å². The molecule has 0 saturated carbocycles. The van der Waals surface area contributed by atoms with Crippen LogP contribution < -0.4 is 10.1 Å². The Kier molecular flexibility index (Phi) is 6.81. The molecular weight excluding hydrogens is 354 g/mol. The number of piperidine rings is 1. The Labute approximate surface area is 168 Å². The van der Waals surface area contributed by atoms with Crippen LogP contribution in [-0.2, 0) is 4.79 Å². The molecule has 2 saturated heterocycles. The van der Waals surface area contributed by atoms with Crippen LogP contribution in [0.25, 0.3) is 0 Å². The number of likely N-dealkylation sites (tertiary alicyclic amines) is 2. The van der Waals surface area contributed by atoms with Gasteiger partial charge in [0.15, 0.2) is 0 Å². The molecule has 1 aromatic carbocycles. The normalized spacial score (nSPS) is 19.0. The van der Waals surface area contributed by atoms with E-state index in [0.29, 0.717) is 13.1 Å². The fourth-order valence-electron chi connectivity index (χ4n) is 4.01. The molecule has 0 bridgehead atoms. The van der Waals surface area contributed by atoms with Crippen LogP contribution in [0, 0.1) is 5.92 Å². The van der Waals surface area contributed by atoms with Gasteiger partial charge in [0, 0.05) is 32.1 Å². The van der Waals surface area contributed by atoms with E-state index in [9.17, 15) is 9.59 Å². The van der Waals surface area contributed by atoms with Crippen molar-refractivity contribution < 1.29 is 14.3 Å². The third kappa shape index (κ3) is 5.18. The van der Waals surface area contributed by atoms with Gasteiger partial charge in [0.05, 0.1) is 12.1 Å². The second-order valence-electron chi connectivity index (χ2n) is 8.20. The van der Waals surface area contributed by atoms with E-state index in [0.717, 1.165) is 50.1 Å². The van der Waals surface area contributed by atoms with Crippen molar-refractivity contribution in [2.24, 2.45) is 5.92 Å². The molecule has 2 aliphatic rings. The number of nitrogens with zero attached hydrogens (tertiary/aromatic N) is 2. The maximum Gasteiger partial charge on any atom is 0.317 e. The minimum absolute atomic E-state index is 0.0604. The van der Waals surface area contributed by atoms with Crippen LogP contribution in [0.4, 0.5) is 4.79 Å². The fourth-order valence-corrected chi connectivity index (χ4v) is 4.01. The van der Waals surface area contributed by atoms with Gasteiger partial charge in [-0.3, -0.25) is 4.79 Å². The van der Waals surface area contributed by atoms with Gasteiger partial charge in [-0.2, -0.15) is 0 Å². The molecule has 1 N–H and O–H groups in total. The van der Waals surface area contributed by atoms with Crippen LogP contribution in [-0.4, -0.2) is 54.0 Å². The number of urea groups is 1. The van der Waals surface area contributed by atoms with Crippen molar-refractivity contribution >= 4 is 11.9 Å². The molecule has 1 unspecified atom stereocenters. The highest BCUT2D eigenvalue weighted by atomic mass is 16.5. The van der Waals surface area contributed by atoms with E-state index in [1.165, 1.54) is 0 Å². The van der Waals surface area contributed by atoms with E-state index in [4.69, 9.17) is 4.74 Å². The van der Waals surface area contributed by atoms with Gasteiger partial charge >= 0.3 is 6.03 Å². The van der Waals surface area contributed by atoms with Crippen LogP contribution in [0.1, 0.15) is 58.1 Å². The number of ether oxygens (including phenoxy) is 1. The van der Waals surface area contributed by atoms with Crippen molar-refractivity contribution in [1.29, 1.82) is 0 Å². The zero-order valence-corrected chi connectivity index (χ0v) is 17.3. The fraction of sp³-hybridized carbons (Fsp3) is 0.636. The lowest BCUT2D eigenvalue weighted by atomic mass is 9.95. The average molecular weight is 388 g/mol. The first-order valence-corrected chi connectivity index (χ1v) is 10.5. The molecule has 2 heterocycles. The minimum atomic E-state index is -0.104. The SMILES string of the molecule is CC(C)Oc1cccc(C(C)NC(=O)N2CCC(C(=O)N3CCCC3)CC2)c1. The van der Waals surface area contributed by atoms with Crippen LogP contribution in [0.15, 0.2) is 24.3 Å². The van der Waals surface area contributed by atoms with Gasteiger partial charge < -0.3 is 19.9 Å². The van der Waals surface area contributed by atoms with E-state index in [1.54, 1.807) is 0 Å². The predicted octanol–water partition coefficient (Wildman–Crippen LogP) is 3.58. The van der Waals surface area contributed by atoms with E-state index in [-0.39, 0.29) is 30.0 Å². The van der Waals surface area contributed by atoms with Crippen LogP contribution in [0.5, 0.6) is 5.75 Å². The predicted molar refractivity (Wildman–Crippen MR) is 109 cm³/mol. The molecule has 0 aliphatic carbocycles. The summed E-state index contributed by atoms with van der Waals surface area (Å²) >= 11 is 0. The van der Waals surface area contributed by atoms with Crippen molar-refractivity contribution in [3.63, 3.8) is 0 Å². The zero-order valence-electron chi connectivity index (χ0n) is 17.3. The Morgan fingerprint density at radius 3 is 2.36 bits per heavy atom. The molecule has 0 aromatic heterocycles. The van der Waals surface area contributed by atoms with E-state index in [2.05, 4.69) is 5.32 Å². The van der Waals surface area contributed by atoms with Gasteiger partial charge in [-0.25, -0.2) is 4.79 Å². The first kappa shape index (κ1) is 20.5. The molecule has 154 valence electrons. The summed E-state index contributed by atoms with van der Waals surface area (Å²) in [5.41, 5.74) is 1.02. The van der Waals surface area contributed by atoms with Crippen LogP contribution in [0.3, 0.4) is 0 Å². The van der Waals surface area contributed by atoms with Crippen LogP contribution >= 0.6 is 0 Å². The molecule has 6 heteroatoms. The molecule has 1 atom stereocenters. The van der Waals surface area contributed by atoms with Gasteiger partial charge in [-0.05, 0) is 64.2 Å². The number of hydrogen-bond donors (Lipinski definition) is 1. The molecule has 0 radical (unpaired) electrons. The molecule has 1 aromatic rings. The first-order valence-electron chi connectivity index (χ1n) is 10.5. The summed E-state index contributed by atoms with van der Waals surface area (Å²) in [6.07, 6.45) is 3.87. The Morgan fingerprint density at radius 2 is 1.71 bits per heavy atom. The molecule has 2 fully saturated rings. The summed E-state index contributed by atoms with van der Waals surface area (Å²) in [6.45, 7) is 9.05. The zero-order chi connectivity index (χ0) is 20.1. The second-order valence-corrected chi connectivity index (χ2v) is 8.20. The summed E-state index contributed by atoms with van der Waals surface area (Å²) < 4.78 is 5.74. The minimum Gasteiger partial charge on any atom is -0.491 e. The lowest BCUT2D eigenvalue weighted by Gasteiger charge is -2.33. The summed E-state index contributed by atoms with van der Waals surface area (Å²) in [4.78, 5) is 29.0. The molecule has 3 amide bonds. The number of carbonyl (C=O) groups is 2. The topological polar surface area (TPSA) is 61.9 Å². The van der Waals surface area contributed by atoms with Gasteiger partial charge in [-0.15, -0.1) is 0 Å². The highest BCUT2D eigenvalue weighted by Crippen LogP contribution is 2.23. The third-order valence-corrected chi connectivity index (χ3v) is 5.62. The van der Waals surface area contributed by atoms with E-state index in [1.807, 2.05) is 54.8 Å². The summed E-state index contributed by atoms with van der Waals surface area (Å²) in [5.74, 6) is 1.17. The lowest BCUT2D eigenvalue weighted by Crippen LogP contribution is -2.47. The highest BCUT2D eigenvalue weighted by molar-refractivity contribution is 5.80. The Hall–Kier alpha value is -2.24. The molecule has 28 heavy (non-hydrogen) atoms. The molecule has 2 aliphatic heterocycles. The van der Waals surface area contributed by atoms with Crippen molar-refractivity contribution in [2.45, 2.75) is 58.6 Å². The summed E-state index contributed by atoms with van der Waals surface area (Å²) in [5, 5.41) is 3.08. The van der Waals surface area contributed by atoms with Gasteiger partial charge in [-0.1, -0.05) is 12.1 Å². The Balaban J connectivity index is 1.49. The van der Waals surface area contributed by atoms with Crippen molar-refractivity contribution in [3.8, 4) is 5.75 Å². The highest BCUT2D eigenvalue weighted by Gasteiger charge is 2.31. The molecular formula is C22H33N3O3. The van der Waals surface area contributed by atoms with Gasteiger partial charge in [0.1, 0.15) is 5.75 Å². The number of benzene rings is 1. The van der Waals surface area contributed by atoms with Crippen molar-refractivity contribution in [3.05, 3.63) is 29.8 Å². The maximum atomic E-state index is 12.7. The van der Waals surface area contributed by atoms with Crippen LogP contribution in [0.2, 0.25) is 0 Å². The monoisotopic (exact) mass is 387 g/mol. The average Bonchev–Trinajstić information content (AvgIpc) is 3.22. The third-order valence-electron chi connectivity index (χ3n) is 5.62. The largest absolute Gasteiger partial charge is 0.491 e. The number of amides is 3. The Morgan fingerprint density at radius 1 is 1.04 bits per heavy atom. The first-order chi connectivity index (χ1) is 13.4. The number of hydrogen-bond acceptors (Lipinski definition) is 3.